The molecule has 2 unspecified atom stereocenters. The normalized spacial score (nSPS) is 15.5. The highest BCUT2D eigenvalue weighted by Gasteiger charge is 2.04. The van der Waals surface area contributed by atoms with E-state index in [2.05, 4.69) is 10.3 Å². The molecule has 0 fully saturated rings. The number of nitrogens with zero attached hydrogens (tertiary/aromatic N) is 1. The van der Waals surface area contributed by atoms with Crippen LogP contribution in [0.4, 0.5) is 5.13 Å². The number of anilines is 1. The van der Waals surface area contributed by atoms with Crippen molar-refractivity contribution in [3.63, 3.8) is 0 Å². The zero-order chi connectivity index (χ0) is 8.97. The van der Waals surface area contributed by atoms with Crippen LogP contribution in [0.2, 0.25) is 0 Å². The molecule has 1 heterocycles. The fraction of sp³-hybridized carbons (Fsp3) is 0.571. The lowest BCUT2D eigenvalue weighted by Crippen LogP contribution is -2.21. The van der Waals surface area contributed by atoms with Gasteiger partial charge in [-0.15, -0.1) is 11.3 Å². The minimum atomic E-state index is -0.743. The molecule has 1 aromatic heterocycles. The Balaban J connectivity index is 2.36. The molecule has 3 nitrogen and oxygen atoms in total. The van der Waals surface area contributed by atoms with Crippen LogP contribution in [0.1, 0.15) is 6.92 Å². The van der Waals surface area contributed by atoms with Crippen LogP contribution in [0.3, 0.4) is 0 Å². The smallest absolute Gasteiger partial charge is 0.182 e. The molecule has 68 valence electrons. The molecule has 0 radical (unpaired) electrons. The third-order valence-corrected chi connectivity index (χ3v) is 2.96. The number of aromatic nitrogens is 1. The fourth-order valence-electron chi connectivity index (χ4n) is 0.899. The van der Waals surface area contributed by atoms with E-state index in [0.29, 0.717) is 5.75 Å². The minimum Gasteiger partial charge on any atom is -0.358 e. The summed E-state index contributed by atoms with van der Waals surface area (Å²) in [6, 6.07) is 0.224. The summed E-state index contributed by atoms with van der Waals surface area (Å²) in [5.41, 5.74) is 0. The molecule has 12 heavy (non-hydrogen) atoms. The van der Waals surface area contributed by atoms with Gasteiger partial charge >= 0.3 is 0 Å². The first-order valence-corrected chi connectivity index (χ1v) is 6.25. The molecule has 1 rings (SSSR count). The van der Waals surface area contributed by atoms with Crippen LogP contribution >= 0.6 is 11.3 Å². The van der Waals surface area contributed by atoms with E-state index in [4.69, 9.17) is 0 Å². The van der Waals surface area contributed by atoms with E-state index < -0.39 is 10.8 Å². The van der Waals surface area contributed by atoms with Gasteiger partial charge in [-0.3, -0.25) is 4.21 Å². The number of hydrogen-bond acceptors (Lipinski definition) is 4. The largest absolute Gasteiger partial charge is 0.358 e. The maximum atomic E-state index is 10.8. The zero-order valence-electron chi connectivity index (χ0n) is 7.11. The van der Waals surface area contributed by atoms with Crippen molar-refractivity contribution in [2.45, 2.75) is 13.0 Å². The van der Waals surface area contributed by atoms with Crippen LogP contribution in [-0.2, 0) is 10.8 Å². The van der Waals surface area contributed by atoms with Crippen LogP contribution in [-0.4, -0.2) is 27.2 Å². The Morgan fingerprint density at radius 1 is 1.83 bits per heavy atom. The highest BCUT2D eigenvalue weighted by molar-refractivity contribution is 7.84. The molecule has 0 aliphatic rings. The van der Waals surface area contributed by atoms with E-state index in [1.165, 1.54) is 0 Å². The monoisotopic (exact) mass is 204 g/mol. The first kappa shape index (κ1) is 9.67. The first-order valence-electron chi connectivity index (χ1n) is 3.64. The summed E-state index contributed by atoms with van der Waals surface area (Å²) in [7, 11) is -0.743. The second kappa shape index (κ2) is 4.57. The maximum absolute atomic E-state index is 10.8. The lowest BCUT2D eigenvalue weighted by molar-refractivity contribution is 0.683. The van der Waals surface area contributed by atoms with Crippen molar-refractivity contribution in [3.05, 3.63) is 11.6 Å². The topological polar surface area (TPSA) is 42.0 Å². The third-order valence-electron chi connectivity index (χ3n) is 1.29. The van der Waals surface area contributed by atoms with Gasteiger partial charge in [0.1, 0.15) is 0 Å². The van der Waals surface area contributed by atoms with Gasteiger partial charge in [-0.05, 0) is 6.92 Å². The van der Waals surface area contributed by atoms with Crippen molar-refractivity contribution in [2.24, 2.45) is 0 Å². The highest BCUT2D eigenvalue weighted by Crippen LogP contribution is 2.11. The molecule has 2 atom stereocenters. The Labute approximate surface area is 78.7 Å². The van der Waals surface area contributed by atoms with Crippen LogP contribution in [0.25, 0.3) is 0 Å². The van der Waals surface area contributed by atoms with Gasteiger partial charge in [-0.25, -0.2) is 4.98 Å². The molecule has 0 aliphatic carbocycles. The molecule has 0 aliphatic heterocycles. The van der Waals surface area contributed by atoms with Crippen molar-refractivity contribution >= 4 is 27.3 Å². The van der Waals surface area contributed by atoms with E-state index in [1.807, 2.05) is 12.3 Å². The van der Waals surface area contributed by atoms with Crippen molar-refractivity contribution in [1.82, 2.24) is 4.98 Å². The van der Waals surface area contributed by atoms with Crippen LogP contribution < -0.4 is 5.32 Å². The van der Waals surface area contributed by atoms with Crippen LogP contribution in [0.15, 0.2) is 11.6 Å². The van der Waals surface area contributed by atoms with Gasteiger partial charge in [-0.2, -0.15) is 0 Å². The molecule has 1 aromatic rings. The molecule has 0 aromatic carbocycles. The lowest BCUT2D eigenvalue weighted by Gasteiger charge is -2.09. The predicted octanol–water partition coefficient (Wildman–Crippen LogP) is 1.32. The molecule has 0 spiro atoms. The Morgan fingerprint density at radius 2 is 2.58 bits per heavy atom. The molecule has 0 saturated heterocycles. The second-order valence-electron chi connectivity index (χ2n) is 2.62. The highest BCUT2D eigenvalue weighted by atomic mass is 32.2. The van der Waals surface area contributed by atoms with E-state index in [-0.39, 0.29) is 6.04 Å². The van der Waals surface area contributed by atoms with Crippen molar-refractivity contribution in [3.8, 4) is 0 Å². The quantitative estimate of drug-likeness (QED) is 0.804. The van der Waals surface area contributed by atoms with Crippen LogP contribution in [0, 0.1) is 0 Å². The Hall–Kier alpha value is -0.420. The van der Waals surface area contributed by atoms with E-state index in [0.717, 1.165) is 5.13 Å². The van der Waals surface area contributed by atoms with Gasteiger partial charge in [0, 0.05) is 40.4 Å². The average Bonchev–Trinajstić information content (AvgIpc) is 2.37. The summed E-state index contributed by atoms with van der Waals surface area (Å²) < 4.78 is 10.8. The van der Waals surface area contributed by atoms with E-state index in [1.54, 1.807) is 23.8 Å². The average molecular weight is 204 g/mol. The first-order chi connectivity index (χ1) is 5.68. The SMILES string of the molecule is CC(CS(C)=O)Nc1nccs1. The van der Waals surface area contributed by atoms with Gasteiger partial charge in [0.15, 0.2) is 5.13 Å². The van der Waals surface area contributed by atoms with Crippen LogP contribution in [0.5, 0.6) is 0 Å². The maximum Gasteiger partial charge on any atom is 0.182 e. The summed E-state index contributed by atoms with van der Waals surface area (Å²) in [6.07, 6.45) is 3.46. The molecular formula is C7H12N2OS2. The Kier molecular flexibility index (Phi) is 3.68. The minimum absolute atomic E-state index is 0.224. The summed E-state index contributed by atoms with van der Waals surface area (Å²) in [4.78, 5) is 4.07. The van der Waals surface area contributed by atoms with Gasteiger partial charge in [0.25, 0.3) is 0 Å². The van der Waals surface area contributed by atoms with Crippen molar-refractivity contribution < 1.29 is 4.21 Å². The molecule has 0 bridgehead atoms. The van der Waals surface area contributed by atoms with Crippen molar-refractivity contribution in [1.29, 1.82) is 0 Å². The second-order valence-corrected chi connectivity index (χ2v) is 5.00. The molecule has 0 saturated carbocycles. The summed E-state index contributed by atoms with van der Waals surface area (Å²) in [5.74, 6) is 0.666. The van der Waals surface area contributed by atoms with Gasteiger partial charge in [0.2, 0.25) is 0 Å². The van der Waals surface area contributed by atoms with Gasteiger partial charge in [0.05, 0.1) is 0 Å². The van der Waals surface area contributed by atoms with Gasteiger partial charge < -0.3 is 5.32 Å². The Bertz CT molecular complexity index is 248. The molecule has 0 amide bonds. The van der Waals surface area contributed by atoms with E-state index in [9.17, 15) is 4.21 Å². The lowest BCUT2D eigenvalue weighted by atomic mass is 10.4. The number of nitrogens with one attached hydrogen (secondary N) is 1. The third kappa shape index (κ3) is 3.32. The summed E-state index contributed by atoms with van der Waals surface area (Å²) in [5, 5.41) is 5.98. The molecule has 1 N–H and O–H groups in total. The summed E-state index contributed by atoms with van der Waals surface area (Å²) >= 11 is 1.56. The predicted molar refractivity (Wildman–Crippen MR) is 54.1 cm³/mol. The number of hydrogen-bond donors (Lipinski definition) is 1. The van der Waals surface area contributed by atoms with E-state index >= 15 is 0 Å². The Morgan fingerprint density at radius 3 is 3.08 bits per heavy atom. The van der Waals surface area contributed by atoms with Crippen molar-refractivity contribution in [2.75, 3.05) is 17.3 Å². The molecule has 5 heteroatoms. The number of thiazole rings is 1. The number of rotatable bonds is 4. The van der Waals surface area contributed by atoms with Gasteiger partial charge in [-0.1, -0.05) is 0 Å². The standard InChI is InChI=1S/C7H12N2OS2/c1-6(5-12(2)10)9-7-8-3-4-11-7/h3-4,6H,5H2,1-2H3,(H,8,9). The fourth-order valence-corrected chi connectivity index (χ4v) is 2.33. The molecular weight excluding hydrogens is 192 g/mol. The summed E-state index contributed by atoms with van der Waals surface area (Å²) in [6.45, 7) is 2.00. The zero-order valence-corrected chi connectivity index (χ0v) is 8.74.